The molecular formula is C13H17N3O2S. The molecule has 0 aliphatic carbocycles. The molecule has 0 spiro atoms. The topological polar surface area (TPSA) is 88.2 Å². The maximum atomic E-state index is 12.0. The second kappa shape index (κ2) is 5.99. The molecule has 1 unspecified atom stereocenters. The minimum absolute atomic E-state index is 0.205. The van der Waals surface area contributed by atoms with Crippen LogP contribution in [-0.2, 0) is 0 Å². The van der Waals surface area contributed by atoms with Crippen molar-refractivity contribution in [3.63, 3.8) is 0 Å². The zero-order chi connectivity index (χ0) is 13.8. The van der Waals surface area contributed by atoms with Crippen LogP contribution >= 0.6 is 11.3 Å². The Hall–Kier alpha value is -1.66. The number of hydrogen-bond donors (Lipinski definition) is 3. The molecule has 102 valence electrons. The van der Waals surface area contributed by atoms with E-state index in [1.54, 1.807) is 12.3 Å². The highest BCUT2D eigenvalue weighted by molar-refractivity contribution is 7.21. The molecule has 0 saturated carbocycles. The zero-order valence-electron chi connectivity index (χ0n) is 10.7. The maximum absolute atomic E-state index is 12.0. The van der Waals surface area contributed by atoms with E-state index < -0.39 is 0 Å². The van der Waals surface area contributed by atoms with E-state index in [4.69, 9.17) is 5.73 Å². The number of nitrogen functional groups attached to an aromatic ring is 1. The van der Waals surface area contributed by atoms with Crippen LogP contribution in [-0.4, -0.2) is 28.6 Å². The number of carbonyl (C=O) groups is 1. The third-order valence-corrected chi connectivity index (χ3v) is 4.07. The molecular weight excluding hydrogens is 262 g/mol. The van der Waals surface area contributed by atoms with Gasteiger partial charge in [0.1, 0.15) is 9.71 Å². The van der Waals surface area contributed by atoms with Crippen molar-refractivity contribution in [1.82, 2.24) is 10.3 Å². The average Bonchev–Trinajstić information content (AvgIpc) is 2.76. The Balaban J connectivity index is 2.07. The Morgan fingerprint density at radius 3 is 3.11 bits per heavy atom. The van der Waals surface area contributed by atoms with Crippen LogP contribution in [0, 0.1) is 0 Å². The van der Waals surface area contributed by atoms with Gasteiger partial charge in [0.2, 0.25) is 0 Å². The zero-order valence-corrected chi connectivity index (χ0v) is 11.5. The number of anilines is 1. The Morgan fingerprint density at radius 2 is 2.42 bits per heavy atom. The third-order valence-electron chi connectivity index (χ3n) is 2.95. The van der Waals surface area contributed by atoms with E-state index in [1.165, 1.54) is 11.3 Å². The predicted molar refractivity (Wildman–Crippen MR) is 77.3 cm³/mol. The fourth-order valence-corrected chi connectivity index (χ4v) is 2.74. The van der Waals surface area contributed by atoms with Crippen molar-refractivity contribution in [3.8, 4) is 0 Å². The second-order valence-corrected chi connectivity index (χ2v) is 5.31. The van der Waals surface area contributed by atoms with Gasteiger partial charge in [-0.15, -0.1) is 11.3 Å². The van der Waals surface area contributed by atoms with Crippen molar-refractivity contribution in [3.05, 3.63) is 23.2 Å². The molecule has 0 bridgehead atoms. The fourth-order valence-electron chi connectivity index (χ4n) is 1.76. The molecule has 5 nitrogen and oxygen atoms in total. The van der Waals surface area contributed by atoms with E-state index in [0.717, 1.165) is 10.2 Å². The minimum Gasteiger partial charge on any atom is -0.397 e. The van der Waals surface area contributed by atoms with Crippen LogP contribution in [0.15, 0.2) is 18.3 Å². The highest BCUT2D eigenvalue weighted by Crippen LogP contribution is 2.31. The Bertz CT molecular complexity index is 582. The first-order chi connectivity index (χ1) is 9.13. The quantitative estimate of drug-likeness (QED) is 0.778. The number of amides is 1. The Labute approximate surface area is 115 Å². The number of nitrogens with zero attached hydrogens (tertiary/aromatic N) is 1. The number of thiophene rings is 1. The number of nitrogens with two attached hydrogens (primary N) is 1. The molecule has 1 atom stereocenters. The minimum atomic E-state index is -0.373. The Kier molecular flexibility index (Phi) is 4.34. The van der Waals surface area contributed by atoms with Gasteiger partial charge in [0, 0.05) is 18.1 Å². The molecule has 0 saturated heterocycles. The molecule has 0 aromatic carbocycles. The van der Waals surface area contributed by atoms with E-state index in [9.17, 15) is 9.90 Å². The van der Waals surface area contributed by atoms with Gasteiger partial charge in [-0.1, -0.05) is 6.92 Å². The lowest BCUT2D eigenvalue weighted by Gasteiger charge is -2.08. The molecule has 0 aliphatic heterocycles. The van der Waals surface area contributed by atoms with Gasteiger partial charge in [-0.3, -0.25) is 4.79 Å². The first-order valence-corrected chi connectivity index (χ1v) is 7.04. The van der Waals surface area contributed by atoms with E-state index >= 15 is 0 Å². The molecule has 2 aromatic rings. The number of aromatic nitrogens is 1. The fraction of sp³-hybridized carbons (Fsp3) is 0.385. The third kappa shape index (κ3) is 3.02. The first kappa shape index (κ1) is 13.8. The number of aliphatic hydroxyl groups excluding tert-OH is 1. The van der Waals surface area contributed by atoms with Gasteiger partial charge >= 0.3 is 0 Å². The highest BCUT2D eigenvalue weighted by atomic mass is 32.1. The van der Waals surface area contributed by atoms with Gasteiger partial charge < -0.3 is 16.2 Å². The Morgan fingerprint density at radius 1 is 1.63 bits per heavy atom. The SMILES string of the molecule is CCC(O)CCNC(=O)c1sc2ncccc2c1N. The van der Waals surface area contributed by atoms with E-state index in [1.807, 2.05) is 13.0 Å². The average molecular weight is 279 g/mol. The normalized spacial score (nSPS) is 12.5. The molecule has 2 aromatic heterocycles. The largest absolute Gasteiger partial charge is 0.397 e. The van der Waals surface area contributed by atoms with Crippen LogP contribution < -0.4 is 11.1 Å². The number of rotatable bonds is 5. The number of hydrogen-bond acceptors (Lipinski definition) is 5. The highest BCUT2D eigenvalue weighted by Gasteiger charge is 2.16. The van der Waals surface area contributed by atoms with Gasteiger partial charge in [-0.05, 0) is 25.0 Å². The monoisotopic (exact) mass is 279 g/mol. The van der Waals surface area contributed by atoms with Gasteiger partial charge in [0.05, 0.1) is 11.8 Å². The molecule has 0 radical (unpaired) electrons. The van der Waals surface area contributed by atoms with Crippen molar-refractivity contribution >= 4 is 33.1 Å². The van der Waals surface area contributed by atoms with Crippen LogP contribution in [0.3, 0.4) is 0 Å². The van der Waals surface area contributed by atoms with Crippen LogP contribution in [0.1, 0.15) is 29.4 Å². The van der Waals surface area contributed by atoms with E-state index in [0.29, 0.717) is 30.0 Å². The summed E-state index contributed by atoms with van der Waals surface area (Å²) in [6, 6.07) is 3.65. The van der Waals surface area contributed by atoms with Crippen molar-refractivity contribution in [1.29, 1.82) is 0 Å². The molecule has 19 heavy (non-hydrogen) atoms. The first-order valence-electron chi connectivity index (χ1n) is 6.22. The van der Waals surface area contributed by atoms with Crippen molar-refractivity contribution in [2.45, 2.75) is 25.9 Å². The van der Waals surface area contributed by atoms with Crippen molar-refractivity contribution < 1.29 is 9.90 Å². The van der Waals surface area contributed by atoms with Crippen molar-refractivity contribution in [2.75, 3.05) is 12.3 Å². The van der Waals surface area contributed by atoms with Gasteiger partial charge in [0.15, 0.2) is 0 Å². The summed E-state index contributed by atoms with van der Waals surface area (Å²) in [5.41, 5.74) is 6.43. The lowest BCUT2D eigenvalue weighted by atomic mass is 10.2. The summed E-state index contributed by atoms with van der Waals surface area (Å²) in [6.07, 6.45) is 2.54. The molecule has 2 rings (SSSR count). The number of fused-ring (bicyclic) bond motifs is 1. The number of pyridine rings is 1. The summed E-state index contributed by atoms with van der Waals surface area (Å²) in [5.74, 6) is -0.205. The smallest absolute Gasteiger partial charge is 0.263 e. The molecule has 2 heterocycles. The van der Waals surface area contributed by atoms with Crippen molar-refractivity contribution in [2.24, 2.45) is 0 Å². The number of carbonyl (C=O) groups excluding carboxylic acids is 1. The van der Waals surface area contributed by atoms with Gasteiger partial charge in [0.25, 0.3) is 5.91 Å². The lowest BCUT2D eigenvalue weighted by molar-refractivity contribution is 0.0947. The summed E-state index contributed by atoms with van der Waals surface area (Å²) in [4.78, 5) is 17.4. The van der Waals surface area contributed by atoms with Gasteiger partial charge in [-0.25, -0.2) is 4.98 Å². The van der Waals surface area contributed by atoms with Crippen LogP contribution in [0.4, 0.5) is 5.69 Å². The summed E-state index contributed by atoms with van der Waals surface area (Å²) in [7, 11) is 0. The number of aliphatic hydroxyl groups is 1. The molecule has 4 N–H and O–H groups in total. The standard InChI is InChI=1S/C13H17N3O2S/c1-2-8(17)5-7-15-12(18)11-10(14)9-4-3-6-16-13(9)19-11/h3-4,6,8,17H,2,5,7,14H2,1H3,(H,15,18). The van der Waals surface area contributed by atoms with Crippen LogP contribution in [0.25, 0.3) is 10.2 Å². The molecule has 0 aliphatic rings. The summed E-state index contributed by atoms with van der Waals surface area (Å²) < 4.78 is 0. The molecule has 6 heteroatoms. The molecule has 1 amide bonds. The molecule has 0 fully saturated rings. The van der Waals surface area contributed by atoms with Gasteiger partial charge in [-0.2, -0.15) is 0 Å². The van der Waals surface area contributed by atoms with E-state index in [-0.39, 0.29) is 12.0 Å². The summed E-state index contributed by atoms with van der Waals surface area (Å²) in [6.45, 7) is 2.34. The van der Waals surface area contributed by atoms with Crippen LogP contribution in [0.2, 0.25) is 0 Å². The van der Waals surface area contributed by atoms with Crippen LogP contribution in [0.5, 0.6) is 0 Å². The lowest BCUT2D eigenvalue weighted by Crippen LogP contribution is -2.26. The predicted octanol–water partition coefficient (Wildman–Crippen LogP) is 1.77. The maximum Gasteiger partial charge on any atom is 0.263 e. The second-order valence-electron chi connectivity index (χ2n) is 4.31. The summed E-state index contributed by atoms with van der Waals surface area (Å²) >= 11 is 1.29. The number of nitrogens with one attached hydrogen (secondary N) is 1. The summed E-state index contributed by atoms with van der Waals surface area (Å²) in [5, 5.41) is 13.0. The van der Waals surface area contributed by atoms with E-state index in [2.05, 4.69) is 10.3 Å².